The van der Waals surface area contributed by atoms with Gasteiger partial charge in [0.05, 0.1) is 22.3 Å². The van der Waals surface area contributed by atoms with E-state index in [9.17, 15) is 14.3 Å². The lowest BCUT2D eigenvalue weighted by Crippen LogP contribution is -2.18. The van der Waals surface area contributed by atoms with Gasteiger partial charge in [-0.25, -0.2) is 23.5 Å². The Balaban J connectivity index is 1.16. The number of pyridine rings is 2. The zero-order valence-electron chi connectivity index (χ0n) is 25.1. The van der Waals surface area contributed by atoms with Crippen LogP contribution in [0, 0.1) is 18.6 Å². The smallest absolute Gasteiger partial charge is 0.335 e. The normalized spacial score (nSPS) is 13.5. The molecule has 0 radical (unpaired) electrons. The van der Waals surface area contributed by atoms with E-state index < -0.39 is 11.8 Å². The molecular formula is C37H30F2N4O3. The molecule has 6 aromatic rings. The molecule has 0 aliphatic heterocycles. The van der Waals surface area contributed by atoms with Gasteiger partial charge in [0.2, 0.25) is 5.88 Å². The van der Waals surface area contributed by atoms with Gasteiger partial charge in [0.1, 0.15) is 24.1 Å². The summed E-state index contributed by atoms with van der Waals surface area (Å²) in [6.07, 6.45) is 5.77. The van der Waals surface area contributed by atoms with E-state index in [-0.39, 0.29) is 29.8 Å². The predicted octanol–water partition coefficient (Wildman–Crippen LogP) is 7.68. The van der Waals surface area contributed by atoms with Gasteiger partial charge >= 0.3 is 5.97 Å². The minimum absolute atomic E-state index is 0.0207. The van der Waals surface area contributed by atoms with E-state index in [2.05, 4.69) is 16.0 Å². The molecule has 0 spiro atoms. The van der Waals surface area contributed by atoms with Crippen molar-refractivity contribution in [3.63, 3.8) is 0 Å². The number of carboxylic acid groups (broad SMARTS) is 1. The van der Waals surface area contributed by atoms with E-state index in [1.807, 2.05) is 29.8 Å². The second kappa shape index (κ2) is 11.8. The number of hydrogen-bond acceptors (Lipinski definition) is 5. The Bertz CT molecular complexity index is 2090. The highest BCUT2D eigenvalue weighted by atomic mass is 19.1. The Morgan fingerprint density at radius 1 is 0.935 bits per heavy atom. The number of ether oxygens (including phenoxy) is 1. The molecule has 1 saturated carbocycles. The highest BCUT2D eigenvalue weighted by molar-refractivity contribution is 5.92. The van der Waals surface area contributed by atoms with E-state index in [0.29, 0.717) is 51.7 Å². The standard InChI is InChI=1S/C37H30F2N4O3/c1-23-7-8-27(29(38)16-23)21-46-35-6-2-5-31(42-35)25-10-9-24(30(39)17-25)19-34-41-32-12-11-26(36(44)45)18-33(32)43(34)22-37(13-14-37)28-4-3-15-40-20-28/h2-12,15-18,20H,13-14,19,21-22H2,1H3,(H,44,45). The van der Waals surface area contributed by atoms with E-state index in [4.69, 9.17) is 9.72 Å². The SMILES string of the molecule is Cc1ccc(COc2cccc(-c3ccc(Cc4nc5ccc(C(=O)O)cc5n4CC4(c5cccnc5)CC4)c(F)c3)n2)c(F)c1. The molecule has 0 saturated heterocycles. The molecule has 1 aliphatic rings. The third kappa shape index (κ3) is 5.83. The van der Waals surface area contributed by atoms with Gasteiger partial charge in [-0.2, -0.15) is 0 Å². The number of aromatic nitrogens is 4. The fourth-order valence-corrected chi connectivity index (χ4v) is 5.88. The number of hydrogen-bond donors (Lipinski definition) is 1. The van der Waals surface area contributed by atoms with Gasteiger partial charge in [0.15, 0.2) is 0 Å². The van der Waals surface area contributed by atoms with Crippen LogP contribution in [0.25, 0.3) is 22.3 Å². The van der Waals surface area contributed by atoms with E-state index in [0.717, 1.165) is 24.0 Å². The van der Waals surface area contributed by atoms with Crippen LogP contribution in [0.2, 0.25) is 0 Å². The first-order chi connectivity index (χ1) is 22.3. The van der Waals surface area contributed by atoms with Crippen molar-refractivity contribution in [2.24, 2.45) is 0 Å². The van der Waals surface area contributed by atoms with Crippen molar-refractivity contribution in [1.82, 2.24) is 19.5 Å². The Labute approximate surface area is 264 Å². The lowest BCUT2D eigenvalue weighted by Gasteiger charge is -2.19. The molecule has 3 aromatic carbocycles. The first-order valence-corrected chi connectivity index (χ1v) is 15.0. The first kappa shape index (κ1) is 29.3. The maximum Gasteiger partial charge on any atom is 0.335 e. The Morgan fingerprint density at radius 2 is 1.76 bits per heavy atom. The van der Waals surface area contributed by atoms with Gasteiger partial charge in [-0.3, -0.25) is 4.98 Å². The van der Waals surface area contributed by atoms with Gasteiger partial charge in [-0.1, -0.05) is 36.4 Å². The van der Waals surface area contributed by atoms with Crippen molar-refractivity contribution in [2.75, 3.05) is 0 Å². The van der Waals surface area contributed by atoms with Gasteiger partial charge in [-0.15, -0.1) is 0 Å². The molecular weight excluding hydrogens is 586 g/mol. The van der Waals surface area contributed by atoms with E-state index in [1.165, 1.54) is 18.2 Å². The molecule has 0 bridgehead atoms. The first-order valence-electron chi connectivity index (χ1n) is 15.0. The maximum atomic E-state index is 15.7. The van der Waals surface area contributed by atoms with Crippen LogP contribution >= 0.6 is 0 Å². The second-order valence-corrected chi connectivity index (χ2v) is 11.9. The summed E-state index contributed by atoms with van der Waals surface area (Å²) in [4.78, 5) is 25.5. The van der Waals surface area contributed by atoms with Crippen LogP contribution in [-0.4, -0.2) is 30.6 Å². The lowest BCUT2D eigenvalue weighted by atomic mass is 9.97. The largest absolute Gasteiger partial charge is 0.478 e. The minimum atomic E-state index is -1.02. The molecule has 7 rings (SSSR count). The van der Waals surface area contributed by atoms with Crippen LogP contribution in [0.3, 0.4) is 0 Å². The zero-order valence-corrected chi connectivity index (χ0v) is 25.1. The van der Waals surface area contributed by atoms with Crippen LogP contribution < -0.4 is 4.74 Å². The van der Waals surface area contributed by atoms with Crippen LogP contribution in [0.1, 0.15) is 51.3 Å². The number of imidazole rings is 1. The molecule has 9 heteroatoms. The Kier molecular flexibility index (Phi) is 7.52. The number of fused-ring (bicyclic) bond motifs is 1. The highest BCUT2D eigenvalue weighted by Gasteiger charge is 2.45. The van der Waals surface area contributed by atoms with Gasteiger partial charge in [0, 0.05) is 48.0 Å². The predicted molar refractivity (Wildman–Crippen MR) is 170 cm³/mol. The monoisotopic (exact) mass is 616 g/mol. The highest BCUT2D eigenvalue weighted by Crippen LogP contribution is 2.50. The van der Waals surface area contributed by atoms with Crippen LogP contribution in [-0.2, 0) is 25.0 Å². The van der Waals surface area contributed by atoms with E-state index in [1.54, 1.807) is 54.7 Å². The van der Waals surface area contributed by atoms with Gasteiger partial charge < -0.3 is 14.4 Å². The average Bonchev–Trinajstić information content (AvgIpc) is 3.77. The summed E-state index contributed by atoms with van der Waals surface area (Å²) in [7, 11) is 0. The second-order valence-electron chi connectivity index (χ2n) is 11.9. The molecule has 0 atom stereocenters. The fraction of sp³-hybridized carbons (Fsp3) is 0.189. The number of aryl methyl sites for hydroxylation is 1. The van der Waals surface area contributed by atoms with Crippen molar-refractivity contribution < 1.29 is 23.4 Å². The van der Waals surface area contributed by atoms with Crippen molar-refractivity contribution in [3.05, 3.63) is 143 Å². The quantitative estimate of drug-likeness (QED) is 0.170. The summed E-state index contributed by atoms with van der Waals surface area (Å²) < 4.78 is 37.8. The number of carbonyl (C=O) groups is 1. The summed E-state index contributed by atoms with van der Waals surface area (Å²) in [5.41, 5.74) is 5.31. The molecule has 3 heterocycles. The average molecular weight is 617 g/mol. The number of carboxylic acids is 1. The Morgan fingerprint density at radius 3 is 2.50 bits per heavy atom. The summed E-state index contributed by atoms with van der Waals surface area (Å²) in [6, 6.07) is 24.0. The molecule has 0 unspecified atom stereocenters. The van der Waals surface area contributed by atoms with Crippen molar-refractivity contribution in [2.45, 2.75) is 44.8 Å². The number of benzene rings is 3. The topological polar surface area (TPSA) is 90.1 Å². The van der Waals surface area contributed by atoms with E-state index >= 15 is 4.39 Å². The van der Waals surface area contributed by atoms with Crippen LogP contribution in [0.4, 0.5) is 8.78 Å². The number of rotatable bonds is 10. The number of halogens is 2. The summed E-state index contributed by atoms with van der Waals surface area (Å²) >= 11 is 0. The summed E-state index contributed by atoms with van der Waals surface area (Å²) in [5, 5.41) is 9.66. The van der Waals surface area contributed by atoms with Crippen molar-refractivity contribution >= 4 is 17.0 Å². The number of nitrogens with zero attached hydrogens (tertiary/aromatic N) is 4. The third-order valence-electron chi connectivity index (χ3n) is 8.67. The third-order valence-corrected chi connectivity index (χ3v) is 8.67. The molecule has 46 heavy (non-hydrogen) atoms. The molecule has 0 amide bonds. The molecule has 1 aliphatic carbocycles. The number of aromatic carboxylic acids is 1. The van der Waals surface area contributed by atoms with Crippen LogP contribution in [0.15, 0.2) is 97.3 Å². The van der Waals surface area contributed by atoms with Gasteiger partial charge in [-0.05, 0) is 78.9 Å². The molecule has 1 N–H and O–H groups in total. The van der Waals surface area contributed by atoms with Crippen molar-refractivity contribution in [1.29, 1.82) is 0 Å². The summed E-state index contributed by atoms with van der Waals surface area (Å²) in [6.45, 7) is 2.42. The Hall–Kier alpha value is -5.44. The van der Waals surface area contributed by atoms with Gasteiger partial charge in [0.25, 0.3) is 0 Å². The molecule has 7 nitrogen and oxygen atoms in total. The maximum absolute atomic E-state index is 15.7. The lowest BCUT2D eigenvalue weighted by molar-refractivity contribution is 0.0697. The minimum Gasteiger partial charge on any atom is -0.478 e. The van der Waals surface area contributed by atoms with Crippen molar-refractivity contribution in [3.8, 4) is 17.1 Å². The fourth-order valence-electron chi connectivity index (χ4n) is 5.88. The summed E-state index contributed by atoms with van der Waals surface area (Å²) in [5.74, 6) is -0.813. The zero-order chi connectivity index (χ0) is 31.8. The molecule has 3 aromatic heterocycles. The molecule has 230 valence electrons. The van der Waals surface area contributed by atoms with Crippen LogP contribution in [0.5, 0.6) is 5.88 Å². The molecule has 1 fully saturated rings.